The zero-order valence-electron chi connectivity index (χ0n) is 9.75. The van der Waals surface area contributed by atoms with Gasteiger partial charge in [-0.1, -0.05) is 0 Å². The maximum Gasteiger partial charge on any atom is 0.321 e. The molecule has 3 nitrogen and oxygen atoms in total. The van der Waals surface area contributed by atoms with Gasteiger partial charge < -0.3 is 13.6 Å². The molecular weight excluding hydrogens is 196 g/mol. The van der Waals surface area contributed by atoms with Crippen LogP contribution in [0.2, 0.25) is 6.04 Å². The first-order chi connectivity index (χ1) is 6.85. The molecule has 86 valence electrons. The predicted octanol–water partition coefficient (Wildman–Crippen LogP) is 2.10. The van der Waals surface area contributed by atoms with E-state index in [-0.39, 0.29) is 0 Å². The molecule has 0 unspecified atom stereocenters. The summed E-state index contributed by atoms with van der Waals surface area (Å²) < 4.78 is 16.4. The Morgan fingerprint density at radius 3 is 2.00 bits per heavy atom. The molecule has 0 radical (unpaired) electrons. The molecule has 0 aromatic heterocycles. The summed E-state index contributed by atoms with van der Waals surface area (Å²) in [4.78, 5) is 0. The quantitative estimate of drug-likeness (QED) is 0.417. The van der Waals surface area contributed by atoms with Crippen LogP contribution >= 0.6 is 0 Å². The largest absolute Gasteiger partial charge is 0.397 e. The summed E-state index contributed by atoms with van der Waals surface area (Å²) in [7, 11) is -1.34. The van der Waals surface area contributed by atoms with Crippen LogP contribution in [0.15, 0.2) is 0 Å². The zero-order chi connectivity index (χ0) is 10.6. The second-order valence-electron chi connectivity index (χ2n) is 3.03. The van der Waals surface area contributed by atoms with Crippen LogP contribution in [0.1, 0.15) is 33.6 Å². The molecule has 14 heavy (non-hydrogen) atoms. The van der Waals surface area contributed by atoms with Crippen molar-refractivity contribution in [2.45, 2.75) is 39.7 Å². The highest BCUT2D eigenvalue weighted by atomic mass is 28.3. The van der Waals surface area contributed by atoms with Gasteiger partial charge in [0, 0.05) is 26.4 Å². The van der Waals surface area contributed by atoms with Crippen molar-refractivity contribution < 1.29 is 13.6 Å². The first kappa shape index (κ1) is 14.1. The van der Waals surface area contributed by atoms with Crippen LogP contribution in [-0.4, -0.2) is 35.7 Å². The fourth-order valence-corrected chi connectivity index (χ4v) is 3.04. The van der Waals surface area contributed by atoms with Crippen molar-refractivity contribution in [3.05, 3.63) is 0 Å². The number of unbranched alkanes of at least 4 members (excludes halogenated alkanes) is 1. The Kier molecular flexibility index (Phi) is 11.3. The lowest BCUT2D eigenvalue weighted by atomic mass is 10.4. The normalized spacial score (nSPS) is 11.1. The average Bonchev–Trinajstić information content (AvgIpc) is 2.18. The molecule has 0 aromatic carbocycles. The van der Waals surface area contributed by atoms with E-state index < -0.39 is 9.28 Å². The maximum atomic E-state index is 5.56. The van der Waals surface area contributed by atoms with Gasteiger partial charge in [0.1, 0.15) is 0 Å². The Balaban J connectivity index is 3.30. The SMILES string of the molecule is CCOCCCC[SiH](OCC)OCC. The lowest BCUT2D eigenvalue weighted by Gasteiger charge is -2.14. The van der Waals surface area contributed by atoms with Crippen LogP contribution < -0.4 is 0 Å². The minimum absolute atomic E-state index is 0.780. The Hall–Kier alpha value is 0.0969. The molecule has 0 bridgehead atoms. The fraction of sp³-hybridized carbons (Fsp3) is 1.00. The molecule has 0 aliphatic rings. The highest BCUT2D eigenvalue weighted by Crippen LogP contribution is 2.04. The zero-order valence-corrected chi connectivity index (χ0v) is 10.9. The molecule has 0 atom stereocenters. The van der Waals surface area contributed by atoms with E-state index in [4.69, 9.17) is 13.6 Å². The van der Waals surface area contributed by atoms with E-state index >= 15 is 0 Å². The lowest BCUT2D eigenvalue weighted by Crippen LogP contribution is -2.22. The van der Waals surface area contributed by atoms with Gasteiger partial charge in [-0.25, -0.2) is 0 Å². The molecule has 0 rings (SSSR count). The fourth-order valence-electron chi connectivity index (χ4n) is 1.25. The van der Waals surface area contributed by atoms with Gasteiger partial charge in [0.15, 0.2) is 0 Å². The minimum Gasteiger partial charge on any atom is -0.397 e. The number of rotatable bonds is 10. The van der Waals surface area contributed by atoms with Crippen LogP contribution in [0.5, 0.6) is 0 Å². The van der Waals surface area contributed by atoms with E-state index in [2.05, 4.69) is 0 Å². The third-order valence-electron chi connectivity index (χ3n) is 1.89. The van der Waals surface area contributed by atoms with Crippen molar-refractivity contribution in [1.29, 1.82) is 0 Å². The summed E-state index contributed by atoms with van der Waals surface area (Å²) in [5.74, 6) is 0. The molecule has 0 aliphatic heterocycles. The topological polar surface area (TPSA) is 27.7 Å². The van der Waals surface area contributed by atoms with Crippen LogP contribution in [-0.2, 0) is 13.6 Å². The highest BCUT2D eigenvalue weighted by molar-refractivity contribution is 6.44. The summed E-state index contributed by atoms with van der Waals surface area (Å²) in [6.07, 6.45) is 2.29. The standard InChI is InChI=1S/C10H24O3Si/c1-4-11-9-7-8-10-14(12-5-2)13-6-3/h14H,4-10H2,1-3H3. The van der Waals surface area contributed by atoms with E-state index in [0.29, 0.717) is 0 Å². The maximum absolute atomic E-state index is 5.56. The highest BCUT2D eigenvalue weighted by Gasteiger charge is 2.10. The molecule has 0 saturated carbocycles. The number of hydrogen-bond acceptors (Lipinski definition) is 3. The average molecular weight is 220 g/mol. The summed E-state index contributed by atoms with van der Waals surface area (Å²) in [5.41, 5.74) is 0. The van der Waals surface area contributed by atoms with Crippen molar-refractivity contribution in [3.63, 3.8) is 0 Å². The third-order valence-corrected chi connectivity index (χ3v) is 4.18. The molecule has 0 saturated heterocycles. The summed E-state index contributed by atoms with van der Waals surface area (Å²) >= 11 is 0. The van der Waals surface area contributed by atoms with Gasteiger partial charge in [-0.3, -0.25) is 0 Å². The number of hydrogen-bond donors (Lipinski definition) is 0. The van der Waals surface area contributed by atoms with Crippen molar-refractivity contribution in [3.8, 4) is 0 Å². The van der Waals surface area contributed by atoms with E-state index in [0.717, 1.165) is 45.3 Å². The summed E-state index contributed by atoms with van der Waals surface area (Å²) in [6.45, 7) is 9.33. The van der Waals surface area contributed by atoms with Gasteiger partial charge in [0.05, 0.1) is 0 Å². The smallest absolute Gasteiger partial charge is 0.321 e. The van der Waals surface area contributed by atoms with Gasteiger partial charge >= 0.3 is 9.28 Å². The summed E-state index contributed by atoms with van der Waals surface area (Å²) in [6, 6.07) is 1.11. The van der Waals surface area contributed by atoms with Gasteiger partial charge in [-0.15, -0.1) is 0 Å². The van der Waals surface area contributed by atoms with Gasteiger partial charge in [-0.2, -0.15) is 0 Å². The molecule has 0 fully saturated rings. The van der Waals surface area contributed by atoms with E-state index in [1.165, 1.54) is 0 Å². The van der Waals surface area contributed by atoms with Crippen LogP contribution in [0.3, 0.4) is 0 Å². The van der Waals surface area contributed by atoms with E-state index in [1.807, 2.05) is 20.8 Å². The van der Waals surface area contributed by atoms with Crippen molar-refractivity contribution in [1.82, 2.24) is 0 Å². The summed E-state index contributed by atoms with van der Waals surface area (Å²) in [5, 5.41) is 0. The van der Waals surface area contributed by atoms with Crippen molar-refractivity contribution >= 4 is 9.28 Å². The Bertz CT molecular complexity index is 106. The second kappa shape index (κ2) is 11.2. The third kappa shape index (κ3) is 8.68. The molecule has 0 aliphatic carbocycles. The molecule has 0 amide bonds. The first-order valence-electron chi connectivity index (χ1n) is 5.66. The van der Waals surface area contributed by atoms with Crippen LogP contribution in [0.4, 0.5) is 0 Å². The first-order valence-corrected chi connectivity index (χ1v) is 7.41. The van der Waals surface area contributed by atoms with Crippen LogP contribution in [0, 0.1) is 0 Å². The van der Waals surface area contributed by atoms with Gasteiger partial charge in [-0.05, 0) is 39.7 Å². The van der Waals surface area contributed by atoms with E-state index in [1.54, 1.807) is 0 Å². The van der Waals surface area contributed by atoms with E-state index in [9.17, 15) is 0 Å². The molecule has 0 N–H and O–H groups in total. The van der Waals surface area contributed by atoms with Crippen LogP contribution in [0.25, 0.3) is 0 Å². The van der Waals surface area contributed by atoms with Crippen molar-refractivity contribution in [2.75, 3.05) is 26.4 Å². The Morgan fingerprint density at radius 2 is 1.50 bits per heavy atom. The van der Waals surface area contributed by atoms with Gasteiger partial charge in [0.25, 0.3) is 0 Å². The minimum atomic E-state index is -1.34. The predicted molar refractivity (Wildman–Crippen MR) is 60.9 cm³/mol. The Morgan fingerprint density at radius 1 is 0.857 bits per heavy atom. The van der Waals surface area contributed by atoms with Crippen molar-refractivity contribution in [2.24, 2.45) is 0 Å². The number of ether oxygens (including phenoxy) is 1. The second-order valence-corrected chi connectivity index (χ2v) is 5.14. The lowest BCUT2D eigenvalue weighted by molar-refractivity contribution is 0.143. The Labute approximate surface area is 89.6 Å². The molecule has 0 spiro atoms. The van der Waals surface area contributed by atoms with Gasteiger partial charge in [0.2, 0.25) is 0 Å². The molecule has 4 heteroatoms. The molecule has 0 heterocycles. The molecular formula is C10H24O3Si. The molecule has 0 aromatic rings. The monoisotopic (exact) mass is 220 g/mol.